The molecular formula is C10H20N2O2. The van der Waals surface area contributed by atoms with E-state index in [2.05, 4.69) is 5.32 Å². The first kappa shape index (κ1) is 11.5. The number of rotatable bonds is 3. The van der Waals surface area contributed by atoms with Crippen LogP contribution in [0, 0.1) is 0 Å². The molecule has 1 aliphatic heterocycles. The maximum Gasteiger partial charge on any atom is 0.236 e. The van der Waals surface area contributed by atoms with Gasteiger partial charge in [0.2, 0.25) is 5.91 Å². The van der Waals surface area contributed by atoms with Gasteiger partial charge in [0.15, 0.2) is 0 Å². The standard InChI is InChI=1S/C10H20N2O2/c1-8(2)11-6-10(13)12-4-5-14-7-9(12)3/h8-9,11H,4-7H2,1-3H3/t9-/m1/s1. The third-order valence-corrected chi connectivity index (χ3v) is 2.35. The van der Waals surface area contributed by atoms with Gasteiger partial charge < -0.3 is 15.0 Å². The van der Waals surface area contributed by atoms with Gasteiger partial charge in [-0.15, -0.1) is 0 Å². The second-order valence-corrected chi connectivity index (χ2v) is 4.05. The van der Waals surface area contributed by atoms with Crippen LogP contribution in [0.15, 0.2) is 0 Å². The maximum absolute atomic E-state index is 11.7. The molecule has 14 heavy (non-hydrogen) atoms. The molecule has 1 saturated heterocycles. The average molecular weight is 200 g/mol. The molecule has 0 unspecified atom stereocenters. The molecular weight excluding hydrogens is 180 g/mol. The number of nitrogens with zero attached hydrogens (tertiary/aromatic N) is 1. The van der Waals surface area contributed by atoms with Crippen LogP contribution in [-0.4, -0.2) is 49.2 Å². The Kier molecular flexibility index (Phi) is 4.35. The van der Waals surface area contributed by atoms with Crippen LogP contribution in [0.1, 0.15) is 20.8 Å². The number of hydrogen-bond acceptors (Lipinski definition) is 3. The lowest BCUT2D eigenvalue weighted by Gasteiger charge is -2.33. The minimum Gasteiger partial charge on any atom is -0.377 e. The SMILES string of the molecule is CC(C)NCC(=O)N1CCOC[C@H]1C. The van der Waals surface area contributed by atoms with Crippen LogP contribution >= 0.6 is 0 Å². The third-order valence-electron chi connectivity index (χ3n) is 2.35. The molecule has 1 aliphatic rings. The van der Waals surface area contributed by atoms with Crippen molar-refractivity contribution in [1.82, 2.24) is 10.2 Å². The second-order valence-electron chi connectivity index (χ2n) is 4.05. The highest BCUT2D eigenvalue weighted by Crippen LogP contribution is 2.05. The number of carbonyl (C=O) groups is 1. The van der Waals surface area contributed by atoms with E-state index in [1.165, 1.54) is 0 Å². The lowest BCUT2D eigenvalue weighted by atomic mass is 10.2. The number of amides is 1. The van der Waals surface area contributed by atoms with Gasteiger partial charge in [0.25, 0.3) is 0 Å². The molecule has 1 amide bonds. The van der Waals surface area contributed by atoms with E-state index in [4.69, 9.17) is 4.74 Å². The molecule has 0 aromatic rings. The molecule has 4 heteroatoms. The van der Waals surface area contributed by atoms with Gasteiger partial charge in [0, 0.05) is 12.6 Å². The van der Waals surface area contributed by atoms with Crippen LogP contribution in [0.25, 0.3) is 0 Å². The molecule has 0 aliphatic carbocycles. The van der Waals surface area contributed by atoms with Gasteiger partial charge in [-0.2, -0.15) is 0 Å². The van der Waals surface area contributed by atoms with E-state index in [0.717, 1.165) is 6.54 Å². The monoisotopic (exact) mass is 200 g/mol. The van der Waals surface area contributed by atoms with Crippen molar-refractivity contribution in [2.75, 3.05) is 26.3 Å². The summed E-state index contributed by atoms with van der Waals surface area (Å²) >= 11 is 0. The molecule has 1 N–H and O–H groups in total. The second kappa shape index (κ2) is 5.32. The van der Waals surface area contributed by atoms with E-state index in [1.54, 1.807) is 0 Å². The van der Waals surface area contributed by atoms with Crippen molar-refractivity contribution in [2.45, 2.75) is 32.9 Å². The van der Waals surface area contributed by atoms with Crippen LogP contribution < -0.4 is 5.32 Å². The normalized spacial score (nSPS) is 22.9. The third kappa shape index (κ3) is 3.27. The summed E-state index contributed by atoms with van der Waals surface area (Å²) in [6.45, 7) is 8.57. The first-order chi connectivity index (χ1) is 6.61. The Morgan fingerprint density at radius 3 is 2.93 bits per heavy atom. The van der Waals surface area contributed by atoms with Gasteiger partial charge in [0.1, 0.15) is 0 Å². The lowest BCUT2D eigenvalue weighted by Crippen LogP contribution is -2.50. The first-order valence-corrected chi connectivity index (χ1v) is 5.22. The molecule has 0 aromatic heterocycles. The van der Waals surface area contributed by atoms with Crippen molar-refractivity contribution in [3.63, 3.8) is 0 Å². The molecule has 1 atom stereocenters. The Morgan fingerprint density at radius 2 is 2.36 bits per heavy atom. The molecule has 1 rings (SSSR count). The summed E-state index contributed by atoms with van der Waals surface area (Å²) in [5.74, 6) is 0.175. The summed E-state index contributed by atoms with van der Waals surface area (Å²) in [5.41, 5.74) is 0. The predicted octanol–water partition coefficient (Wildman–Crippen LogP) is 0.232. The van der Waals surface area contributed by atoms with Crippen molar-refractivity contribution in [1.29, 1.82) is 0 Å². The number of carbonyl (C=O) groups excluding carboxylic acids is 1. The molecule has 0 aromatic carbocycles. The number of morpholine rings is 1. The van der Waals surface area contributed by atoms with E-state index in [9.17, 15) is 4.79 Å². The Labute approximate surface area is 85.6 Å². The fourth-order valence-corrected chi connectivity index (χ4v) is 1.49. The average Bonchev–Trinajstić information content (AvgIpc) is 2.15. The zero-order valence-electron chi connectivity index (χ0n) is 9.25. The van der Waals surface area contributed by atoms with E-state index in [1.807, 2.05) is 25.7 Å². The largest absolute Gasteiger partial charge is 0.377 e. The summed E-state index contributed by atoms with van der Waals surface area (Å²) in [4.78, 5) is 13.6. The van der Waals surface area contributed by atoms with Crippen molar-refractivity contribution in [2.24, 2.45) is 0 Å². The highest BCUT2D eigenvalue weighted by molar-refractivity contribution is 5.78. The van der Waals surface area contributed by atoms with Crippen LogP contribution in [0.2, 0.25) is 0 Å². The molecule has 0 spiro atoms. The van der Waals surface area contributed by atoms with Gasteiger partial charge in [-0.25, -0.2) is 0 Å². The van der Waals surface area contributed by atoms with Gasteiger partial charge in [-0.05, 0) is 6.92 Å². The highest BCUT2D eigenvalue weighted by atomic mass is 16.5. The zero-order valence-corrected chi connectivity index (χ0v) is 9.25. The van der Waals surface area contributed by atoms with Crippen LogP contribution in [0.3, 0.4) is 0 Å². The van der Waals surface area contributed by atoms with Crippen molar-refractivity contribution >= 4 is 5.91 Å². The van der Waals surface area contributed by atoms with Crippen LogP contribution in [0.4, 0.5) is 0 Å². The Hall–Kier alpha value is -0.610. The zero-order chi connectivity index (χ0) is 10.6. The molecule has 0 bridgehead atoms. The summed E-state index contributed by atoms with van der Waals surface area (Å²) in [6.07, 6.45) is 0. The topological polar surface area (TPSA) is 41.6 Å². The van der Waals surface area contributed by atoms with E-state index >= 15 is 0 Å². The first-order valence-electron chi connectivity index (χ1n) is 5.22. The van der Waals surface area contributed by atoms with Crippen LogP contribution in [-0.2, 0) is 9.53 Å². The molecule has 1 fully saturated rings. The smallest absolute Gasteiger partial charge is 0.236 e. The van der Waals surface area contributed by atoms with Crippen molar-refractivity contribution < 1.29 is 9.53 Å². The number of ether oxygens (including phenoxy) is 1. The number of nitrogens with one attached hydrogen (secondary N) is 1. The highest BCUT2D eigenvalue weighted by Gasteiger charge is 2.23. The predicted molar refractivity (Wildman–Crippen MR) is 55.1 cm³/mol. The van der Waals surface area contributed by atoms with E-state index in [-0.39, 0.29) is 11.9 Å². The summed E-state index contributed by atoms with van der Waals surface area (Å²) in [6, 6.07) is 0.570. The Morgan fingerprint density at radius 1 is 1.64 bits per heavy atom. The molecule has 0 saturated carbocycles. The Bertz CT molecular complexity index is 195. The van der Waals surface area contributed by atoms with E-state index < -0.39 is 0 Å². The maximum atomic E-state index is 11.7. The van der Waals surface area contributed by atoms with Gasteiger partial charge in [0.05, 0.1) is 25.8 Å². The summed E-state index contributed by atoms with van der Waals surface area (Å²) < 4.78 is 5.27. The van der Waals surface area contributed by atoms with Crippen LogP contribution in [0.5, 0.6) is 0 Å². The van der Waals surface area contributed by atoms with Gasteiger partial charge >= 0.3 is 0 Å². The minimum atomic E-state index is 0.175. The molecule has 4 nitrogen and oxygen atoms in total. The fourth-order valence-electron chi connectivity index (χ4n) is 1.49. The summed E-state index contributed by atoms with van der Waals surface area (Å²) in [7, 11) is 0. The van der Waals surface area contributed by atoms with Crippen molar-refractivity contribution in [3.8, 4) is 0 Å². The molecule has 82 valence electrons. The van der Waals surface area contributed by atoms with E-state index in [0.29, 0.717) is 25.8 Å². The fraction of sp³-hybridized carbons (Fsp3) is 0.900. The molecule has 0 radical (unpaired) electrons. The number of hydrogen-bond donors (Lipinski definition) is 1. The van der Waals surface area contributed by atoms with Gasteiger partial charge in [-0.3, -0.25) is 4.79 Å². The minimum absolute atomic E-state index is 0.175. The lowest BCUT2D eigenvalue weighted by molar-refractivity contribution is -0.138. The Balaban J connectivity index is 2.34. The quantitative estimate of drug-likeness (QED) is 0.709. The van der Waals surface area contributed by atoms with Gasteiger partial charge in [-0.1, -0.05) is 13.8 Å². The van der Waals surface area contributed by atoms with Crippen molar-refractivity contribution in [3.05, 3.63) is 0 Å². The summed E-state index contributed by atoms with van der Waals surface area (Å²) in [5, 5.41) is 3.13. The molecule has 1 heterocycles.